The average molecular weight is 383 g/mol. The average Bonchev–Trinajstić information content (AvgIpc) is 2.73. The summed E-state index contributed by atoms with van der Waals surface area (Å²) in [6, 6.07) is 14.3. The molecule has 2 unspecified atom stereocenters. The smallest absolute Gasteiger partial charge is 0.309 e. The molecule has 0 aliphatic heterocycles. The molecule has 0 N–H and O–H groups in total. The molecule has 0 bridgehead atoms. The lowest BCUT2D eigenvalue weighted by Crippen LogP contribution is -2.30. The van der Waals surface area contributed by atoms with Crippen molar-refractivity contribution in [2.45, 2.75) is 65.1 Å². The van der Waals surface area contributed by atoms with Crippen LogP contribution in [0.15, 0.2) is 42.5 Å². The predicted molar refractivity (Wildman–Crippen MR) is 110 cm³/mol. The van der Waals surface area contributed by atoms with Crippen LogP contribution in [0.5, 0.6) is 0 Å². The zero-order valence-corrected chi connectivity index (χ0v) is 17.0. The molecule has 4 nitrogen and oxygen atoms in total. The van der Waals surface area contributed by atoms with Crippen molar-refractivity contribution in [3.63, 3.8) is 0 Å². The molecule has 1 fully saturated rings. The number of fused-ring (bicyclic) bond motifs is 1. The molecule has 4 heteroatoms. The zero-order chi connectivity index (χ0) is 20.1. The van der Waals surface area contributed by atoms with E-state index in [2.05, 4.69) is 24.3 Å². The molecule has 0 heterocycles. The lowest BCUT2D eigenvalue weighted by Gasteiger charge is -2.28. The first-order chi connectivity index (χ1) is 13.5. The minimum Gasteiger partial charge on any atom is -0.462 e. The second-order valence-electron chi connectivity index (χ2n) is 7.91. The Morgan fingerprint density at radius 3 is 2.36 bits per heavy atom. The van der Waals surface area contributed by atoms with Gasteiger partial charge in [-0.3, -0.25) is 9.59 Å². The van der Waals surface area contributed by atoms with Crippen LogP contribution < -0.4 is 0 Å². The Morgan fingerprint density at radius 1 is 1.00 bits per heavy atom. The first kappa shape index (κ1) is 20.4. The summed E-state index contributed by atoms with van der Waals surface area (Å²) in [5, 5.41) is 2.32. The van der Waals surface area contributed by atoms with Gasteiger partial charge < -0.3 is 9.47 Å². The maximum absolute atomic E-state index is 12.6. The van der Waals surface area contributed by atoms with Gasteiger partial charge in [0.15, 0.2) is 0 Å². The Bertz CT molecular complexity index is 820. The Balaban J connectivity index is 1.51. The summed E-state index contributed by atoms with van der Waals surface area (Å²) in [5.41, 5.74) is 1.00. The number of rotatable bonds is 6. The van der Waals surface area contributed by atoms with Gasteiger partial charge in [-0.15, -0.1) is 0 Å². The number of hydrogen-bond acceptors (Lipinski definition) is 4. The third kappa shape index (κ3) is 4.92. The summed E-state index contributed by atoms with van der Waals surface area (Å²) < 4.78 is 11.3. The van der Waals surface area contributed by atoms with Crippen molar-refractivity contribution in [3.8, 4) is 0 Å². The maximum Gasteiger partial charge on any atom is 0.309 e. The van der Waals surface area contributed by atoms with Crippen LogP contribution in [0.2, 0.25) is 0 Å². The number of esters is 2. The van der Waals surface area contributed by atoms with Crippen LogP contribution in [-0.2, 0) is 19.1 Å². The van der Waals surface area contributed by atoms with Gasteiger partial charge >= 0.3 is 11.9 Å². The molecule has 0 amide bonds. The van der Waals surface area contributed by atoms with Crippen molar-refractivity contribution in [3.05, 3.63) is 48.0 Å². The lowest BCUT2D eigenvalue weighted by molar-refractivity contribution is -0.159. The fourth-order valence-corrected chi connectivity index (χ4v) is 3.66. The Hall–Kier alpha value is -2.36. The fraction of sp³-hybridized carbons (Fsp3) is 0.500. The summed E-state index contributed by atoms with van der Waals surface area (Å²) >= 11 is 0. The van der Waals surface area contributed by atoms with Gasteiger partial charge in [0.25, 0.3) is 0 Å². The van der Waals surface area contributed by atoms with Crippen molar-refractivity contribution in [2.24, 2.45) is 11.8 Å². The Morgan fingerprint density at radius 2 is 1.68 bits per heavy atom. The summed E-state index contributed by atoms with van der Waals surface area (Å²) in [7, 11) is 0. The van der Waals surface area contributed by atoms with Crippen LogP contribution in [0.4, 0.5) is 0 Å². The molecule has 2 atom stereocenters. The molecule has 2 aromatic rings. The van der Waals surface area contributed by atoms with Crippen LogP contribution in [0.1, 0.15) is 64.5 Å². The number of benzene rings is 2. The van der Waals surface area contributed by atoms with Gasteiger partial charge in [-0.2, -0.15) is 0 Å². The van der Waals surface area contributed by atoms with E-state index in [0.717, 1.165) is 30.2 Å². The van der Waals surface area contributed by atoms with Gasteiger partial charge in [0.1, 0.15) is 12.2 Å². The molecule has 0 saturated heterocycles. The van der Waals surface area contributed by atoms with Crippen molar-refractivity contribution < 1.29 is 19.1 Å². The van der Waals surface area contributed by atoms with Crippen molar-refractivity contribution in [1.29, 1.82) is 0 Å². The highest BCUT2D eigenvalue weighted by molar-refractivity contribution is 5.83. The number of carbonyl (C=O) groups excluding carboxylic acids is 2. The third-order valence-electron chi connectivity index (χ3n) is 5.84. The van der Waals surface area contributed by atoms with Gasteiger partial charge in [-0.1, -0.05) is 50.2 Å². The van der Waals surface area contributed by atoms with Gasteiger partial charge in [-0.25, -0.2) is 0 Å². The van der Waals surface area contributed by atoms with Gasteiger partial charge in [0.05, 0.1) is 11.8 Å². The summed E-state index contributed by atoms with van der Waals surface area (Å²) in [6.07, 6.45) is 3.32. The summed E-state index contributed by atoms with van der Waals surface area (Å²) in [4.78, 5) is 24.5. The quantitative estimate of drug-likeness (QED) is 0.611. The van der Waals surface area contributed by atoms with E-state index < -0.39 is 0 Å². The topological polar surface area (TPSA) is 52.6 Å². The highest BCUT2D eigenvalue weighted by atomic mass is 16.5. The first-order valence-corrected chi connectivity index (χ1v) is 10.4. The monoisotopic (exact) mass is 382 g/mol. The molecule has 2 aromatic carbocycles. The van der Waals surface area contributed by atoms with E-state index in [1.54, 1.807) is 0 Å². The molecule has 28 heavy (non-hydrogen) atoms. The van der Waals surface area contributed by atoms with E-state index in [0.29, 0.717) is 12.8 Å². The van der Waals surface area contributed by atoms with E-state index in [1.807, 2.05) is 39.0 Å². The van der Waals surface area contributed by atoms with Crippen LogP contribution in [-0.4, -0.2) is 18.0 Å². The van der Waals surface area contributed by atoms with E-state index in [-0.39, 0.29) is 36.0 Å². The Kier molecular flexibility index (Phi) is 6.71. The van der Waals surface area contributed by atoms with Crippen LogP contribution >= 0.6 is 0 Å². The predicted octanol–water partition coefficient (Wildman–Crippen LogP) is 5.59. The number of ether oxygens (including phenoxy) is 2. The van der Waals surface area contributed by atoms with E-state index >= 15 is 0 Å². The molecule has 3 rings (SSSR count). The van der Waals surface area contributed by atoms with Crippen molar-refractivity contribution >= 4 is 22.7 Å². The van der Waals surface area contributed by atoms with Crippen molar-refractivity contribution in [1.82, 2.24) is 0 Å². The van der Waals surface area contributed by atoms with E-state index in [9.17, 15) is 9.59 Å². The molecule has 1 aliphatic rings. The standard InChI is InChI=1S/C24H30O4/c1-4-16(2)23(25)28-22-13-11-19(12-14-22)24(26)27-17(3)20-10-9-18-7-5-6-8-21(18)15-20/h5-10,15-17,19,22H,4,11-14H2,1-3H3. The largest absolute Gasteiger partial charge is 0.462 e. The number of hydrogen-bond donors (Lipinski definition) is 0. The molecule has 0 spiro atoms. The lowest BCUT2D eigenvalue weighted by atomic mass is 9.87. The van der Waals surface area contributed by atoms with Crippen LogP contribution in [0, 0.1) is 11.8 Å². The van der Waals surface area contributed by atoms with E-state index in [4.69, 9.17) is 9.47 Å². The second kappa shape index (κ2) is 9.22. The summed E-state index contributed by atoms with van der Waals surface area (Å²) in [5.74, 6) is -0.447. The minimum absolute atomic E-state index is 0.0644. The van der Waals surface area contributed by atoms with Gasteiger partial charge in [0.2, 0.25) is 0 Å². The molecule has 1 aliphatic carbocycles. The highest BCUT2D eigenvalue weighted by Crippen LogP contribution is 2.30. The molecular weight excluding hydrogens is 352 g/mol. The summed E-state index contributed by atoms with van der Waals surface area (Å²) in [6.45, 7) is 5.79. The minimum atomic E-state index is -0.280. The molecule has 0 aromatic heterocycles. The normalized spacial score (nSPS) is 21.7. The third-order valence-corrected chi connectivity index (χ3v) is 5.84. The SMILES string of the molecule is CCC(C)C(=O)OC1CCC(C(=O)OC(C)c2ccc3ccccc3c2)CC1. The highest BCUT2D eigenvalue weighted by Gasteiger charge is 2.30. The molecule has 1 saturated carbocycles. The van der Waals surface area contributed by atoms with E-state index in [1.165, 1.54) is 5.39 Å². The maximum atomic E-state index is 12.6. The van der Waals surface area contributed by atoms with Gasteiger partial charge in [0, 0.05) is 0 Å². The van der Waals surface area contributed by atoms with Crippen LogP contribution in [0.3, 0.4) is 0 Å². The zero-order valence-electron chi connectivity index (χ0n) is 17.0. The molecule has 0 radical (unpaired) electrons. The van der Waals surface area contributed by atoms with Gasteiger partial charge in [-0.05, 0) is 61.4 Å². The molecular formula is C24H30O4. The van der Waals surface area contributed by atoms with Crippen molar-refractivity contribution in [2.75, 3.05) is 0 Å². The fourth-order valence-electron chi connectivity index (χ4n) is 3.66. The Labute approximate surface area is 167 Å². The second-order valence-corrected chi connectivity index (χ2v) is 7.91. The van der Waals surface area contributed by atoms with Crippen LogP contribution in [0.25, 0.3) is 10.8 Å². The first-order valence-electron chi connectivity index (χ1n) is 10.4. The molecule has 150 valence electrons. The number of carbonyl (C=O) groups is 2.